The molecule has 10 nitrogen and oxygen atoms in total. The van der Waals surface area contributed by atoms with Crippen molar-refractivity contribution in [2.45, 2.75) is 52.2 Å². The molecule has 2 aliphatic rings. The molecule has 3 aromatic rings. The van der Waals surface area contributed by atoms with E-state index in [9.17, 15) is 9.59 Å². The molecule has 38 heavy (non-hydrogen) atoms. The number of carbonyl (C=O) groups excluding carboxylic acids is 2. The van der Waals surface area contributed by atoms with Crippen LogP contribution in [0.4, 0.5) is 10.6 Å². The number of allylic oxidation sites excluding steroid dienone is 1. The molecule has 0 spiro atoms. The average Bonchev–Trinajstić information content (AvgIpc) is 3.26. The molecule has 0 aliphatic carbocycles. The third-order valence-electron chi connectivity index (χ3n) is 6.69. The van der Waals surface area contributed by atoms with Gasteiger partial charge in [0, 0.05) is 43.5 Å². The predicted molar refractivity (Wildman–Crippen MR) is 144 cm³/mol. The molecule has 4 heterocycles. The second-order valence-corrected chi connectivity index (χ2v) is 10.5. The molecule has 0 radical (unpaired) electrons. The number of anilines is 1. The highest BCUT2D eigenvalue weighted by Crippen LogP contribution is 2.41. The van der Waals surface area contributed by atoms with Crippen LogP contribution in [0.15, 0.2) is 36.4 Å². The summed E-state index contributed by atoms with van der Waals surface area (Å²) in [6.45, 7) is 8.87. The van der Waals surface area contributed by atoms with Gasteiger partial charge >= 0.3 is 12.1 Å². The largest absolute Gasteiger partial charge is 0.464 e. The Morgan fingerprint density at radius 3 is 2.63 bits per heavy atom. The molecule has 0 unspecified atom stereocenters. The second kappa shape index (κ2) is 9.95. The van der Waals surface area contributed by atoms with Gasteiger partial charge < -0.3 is 23.8 Å². The summed E-state index contributed by atoms with van der Waals surface area (Å²) in [4.78, 5) is 42.4. The van der Waals surface area contributed by atoms with Crippen LogP contribution in [-0.4, -0.2) is 67.8 Å². The highest BCUT2D eigenvalue weighted by molar-refractivity contribution is 6.04. The fraction of sp³-hybridized carbons (Fsp3) is 0.429. The third-order valence-corrected chi connectivity index (χ3v) is 6.69. The number of aryl methyl sites for hydroxylation is 1. The SMILES string of the molecule is CCOc1ncc2c(n1)N(C1CCN(C(=O)OC(C)(C)C)CC1)C(=C=O)C(c1ccc3ncn(C)c3c1)=C2. The zero-order valence-corrected chi connectivity index (χ0v) is 22.4. The molecule has 2 aliphatic heterocycles. The highest BCUT2D eigenvalue weighted by atomic mass is 16.6. The first-order valence-corrected chi connectivity index (χ1v) is 12.8. The second-order valence-electron chi connectivity index (χ2n) is 10.5. The summed E-state index contributed by atoms with van der Waals surface area (Å²) in [6.07, 6.45) is 6.35. The third kappa shape index (κ3) is 4.87. The van der Waals surface area contributed by atoms with E-state index >= 15 is 0 Å². The molecule has 1 amide bonds. The van der Waals surface area contributed by atoms with Gasteiger partial charge in [0.1, 0.15) is 17.1 Å². The monoisotopic (exact) mass is 516 g/mol. The number of fused-ring (bicyclic) bond motifs is 2. The fourth-order valence-electron chi connectivity index (χ4n) is 4.93. The van der Waals surface area contributed by atoms with Crippen LogP contribution in [0.3, 0.4) is 0 Å². The minimum Gasteiger partial charge on any atom is -0.464 e. The Bertz CT molecular complexity index is 1460. The summed E-state index contributed by atoms with van der Waals surface area (Å²) in [5.74, 6) is 2.81. The summed E-state index contributed by atoms with van der Waals surface area (Å²) in [6, 6.07) is 6.09. The van der Waals surface area contributed by atoms with E-state index in [2.05, 4.69) is 20.9 Å². The van der Waals surface area contributed by atoms with E-state index in [0.717, 1.165) is 27.7 Å². The molecule has 1 saturated heterocycles. The minimum absolute atomic E-state index is 0.0857. The number of hydrogen-bond acceptors (Lipinski definition) is 8. The zero-order valence-electron chi connectivity index (χ0n) is 22.4. The smallest absolute Gasteiger partial charge is 0.410 e. The lowest BCUT2D eigenvalue weighted by Crippen LogP contribution is -2.48. The molecule has 1 fully saturated rings. The summed E-state index contributed by atoms with van der Waals surface area (Å²) in [5.41, 5.74) is 4.06. The van der Waals surface area contributed by atoms with E-state index in [1.807, 2.05) is 68.5 Å². The van der Waals surface area contributed by atoms with Gasteiger partial charge in [-0.25, -0.2) is 19.6 Å². The van der Waals surface area contributed by atoms with Crippen molar-refractivity contribution in [2.75, 3.05) is 24.6 Å². The van der Waals surface area contributed by atoms with Gasteiger partial charge in [0.15, 0.2) is 5.94 Å². The van der Waals surface area contributed by atoms with E-state index in [0.29, 0.717) is 44.1 Å². The van der Waals surface area contributed by atoms with Gasteiger partial charge in [0.05, 0.1) is 24.0 Å². The first-order chi connectivity index (χ1) is 18.2. The Morgan fingerprint density at radius 1 is 1.18 bits per heavy atom. The molecule has 198 valence electrons. The molecule has 5 rings (SSSR count). The van der Waals surface area contributed by atoms with Crippen LogP contribution in [0.25, 0.3) is 22.7 Å². The Balaban J connectivity index is 1.52. The number of nitrogens with zero attached hydrogens (tertiary/aromatic N) is 6. The number of rotatable bonds is 4. The van der Waals surface area contributed by atoms with E-state index in [-0.39, 0.29) is 18.1 Å². The van der Waals surface area contributed by atoms with E-state index in [1.54, 1.807) is 17.4 Å². The first kappa shape index (κ1) is 25.5. The fourth-order valence-corrected chi connectivity index (χ4v) is 4.93. The number of piperidine rings is 1. The van der Waals surface area contributed by atoms with Crippen molar-refractivity contribution in [3.05, 3.63) is 47.5 Å². The Kier molecular flexibility index (Phi) is 6.67. The topological polar surface area (TPSA) is 103 Å². The molecule has 0 N–H and O–H groups in total. The standard InChI is InChI=1S/C28H32N6O4/c1-6-37-26-29-15-19-13-21(18-7-8-22-23(14-18)32(5)17-30-22)24(16-35)34(25(19)31-26)20-9-11-33(12-10-20)27(36)38-28(2,3)4/h7-8,13-15,17,20H,6,9-12H2,1-5H3. The van der Waals surface area contributed by atoms with Gasteiger partial charge in [-0.2, -0.15) is 4.98 Å². The number of hydrogen-bond donors (Lipinski definition) is 0. The Hall–Kier alpha value is -4.17. The van der Waals surface area contributed by atoms with Crippen molar-refractivity contribution < 1.29 is 19.1 Å². The molecule has 1 aromatic carbocycles. The maximum atomic E-state index is 12.7. The molecule has 0 saturated carbocycles. The Morgan fingerprint density at radius 2 is 1.95 bits per heavy atom. The van der Waals surface area contributed by atoms with Crippen molar-refractivity contribution >= 4 is 40.5 Å². The van der Waals surface area contributed by atoms with Crippen LogP contribution in [0, 0.1) is 0 Å². The van der Waals surface area contributed by atoms with Gasteiger partial charge in [-0.15, -0.1) is 0 Å². The van der Waals surface area contributed by atoms with Gasteiger partial charge in [0.25, 0.3) is 0 Å². The number of ether oxygens (including phenoxy) is 2. The normalized spacial score (nSPS) is 16.2. The van der Waals surface area contributed by atoms with Crippen LogP contribution < -0.4 is 9.64 Å². The first-order valence-electron chi connectivity index (χ1n) is 12.8. The lowest BCUT2D eigenvalue weighted by atomic mass is 9.93. The maximum absolute atomic E-state index is 12.7. The van der Waals surface area contributed by atoms with Crippen LogP contribution in [0.2, 0.25) is 0 Å². The van der Waals surface area contributed by atoms with Gasteiger partial charge in [-0.1, -0.05) is 6.07 Å². The van der Waals surface area contributed by atoms with E-state index in [1.165, 1.54) is 0 Å². The lowest BCUT2D eigenvalue weighted by molar-refractivity contribution is 0.0206. The predicted octanol–water partition coefficient (Wildman–Crippen LogP) is 4.24. The molecule has 2 aromatic heterocycles. The molecule has 10 heteroatoms. The van der Waals surface area contributed by atoms with Crippen molar-refractivity contribution in [1.82, 2.24) is 24.4 Å². The highest BCUT2D eigenvalue weighted by Gasteiger charge is 2.36. The van der Waals surface area contributed by atoms with Gasteiger partial charge in [-0.3, -0.25) is 0 Å². The number of benzene rings is 1. The molecular formula is C28H32N6O4. The zero-order chi connectivity index (χ0) is 27.0. The molecule has 0 bridgehead atoms. The lowest BCUT2D eigenvalue weighted by Gasteiger charge is -2.41. The molecular weight excluding hydrogens is 484 g/mol. The van der Waals surface area contributed by atoms with E-state index in [4.69, 9.17) is 9.47 Å². The van der Waals surface area contributed by atoms with Gasteiger partial charge in [0.2, 0.25) is 0 Å². The van der Waals surface area contributed by atoms with Crippen molar-refractivity contribution in [2.24, 2.45) is 7.05 Å². The Labute approximate surface area is 221 Å². The summed E-state index contributed by atoms with van der Waals surface area (Å²) < 4.78 is 13.1. The van der Waals surface area contributed by atoms with E-state index < -0.39 is 5.60 Å². The van der Waals surface area contributed by atoms with Gasteiger partial charge in [-0.05, 0) is 64.3 Å². The quantitative estimate of drug-likeness (QED) is 0.475. The number of amides is 1. The van der Waals surface area contributed by atoms with Crippen LogP contribution in [-0.2, 0) is 16.6 Å². The number of carbonyl (C=O) groups is 1. The van der Waals surface area contributed by atoms with Crippen LogP contribution in [0.5, 0.6) is 6.01 Å². The summed E-state index contributed by atoms with van der Waals surface area (Å²) in [5, 5.41) is 0. The average molecular weight is 517 g/mol. The van der Waals surface area contributed by atoms with Crippen molar-refractivity contribution in [3.63, 3.8) is 0 Å². The molecule has 0 atom stereocenters. The number of imidazole rings is 1. The summed E-state index contributed by atoms with van der Waals surface area (Å²) in [7, 11) is 1.94. The van der Waals surface area contributed by atoms with Crippen LogP contribution in [0.1, 0.15) is 51.7 Å². The number of likely N-dealkylation sites (tertiary alicyclic amines) is 1. The van der Waals surface area contributed by atoms with Crippen LogP contribution >= 0.6 is 0 Å². The maximum Gasteiger partial charge on any atom is 0.410 e. The number of aromatic nitrogens is 4. The summed E-state index contributed by atoms with van der Waals surface area (Å²) >= 11 is 0. The minimum atomic E-state index is -0.561. The van der Waals surface area contributed by atoms with Crippen molar-refractivity contribution in [1.29, 1.82) is 0 Å². The van der Waals surface area contributed by atoms with Crippen molar-refractivity contribution in [3.8, 4) is 6.01 Å².